The largest absolute Gasteiger partial charge is 0.370 e. The van der Waals surface area contributed by atoms with Gasteiger partial charge in [0.25, 0.3) is 17.7 Å². The van der Waals surface area contributed by atoms with Crippen LogP contribution in [-0.2, 0) is 14.3 Å². The molecular weight excluding hydrogens is 438 g/mol. The van der Waals surface area contributed by atoms with Crippen LogP contribution in [0.2, 0.25) is 4.34 Å². The van der Waals surface area contributed by atoms with E-state index in [1.54, 1.807) is 23.1 Å². The molecular formula is C22H22ClN3O4S. The van der Waals surface area contributed by atoms with Crippen LogP contribution in [-0.4, -0.2) is 43.0 Å². The Hall–Kier alpha value is -2.68. The summed E-state index contributed by atoms with van der Waals surface area (Å²) in [5.74, 6) is -0.699. The highest BCUT2D eigenvalue weighted by Gasteiger charge is 2.41. The van der Waals surface area contributed by atoms with Gasteiger partial charge in [-0.3, -0.25) is 14.4 Å². The fourth-order valence-corrected chi connectivity index (χ4v) is 4.71. The van der Waals surface area contributed by atoms with Gasteiger partial charge in [0.15, 0.2) is 0 Å². The minimum atomic E-state index is -1.06. The molecule has 1 aliphatic carbocycles. The SMILES string of the molecule is Cc1cc(NC(=O)C2(NC(=O)c3ccc(Cl)s3)CC=CC2)ccc1N1CCOCC1=O. The molecule has 0 unspecified atom stereocenters. The Morgan fingerprint density at radius 2 is 1.97 bits per heavy atom. The standard InChI is InChI=1S/C22H22ClN3O4S/c1-14-12-15(4-5-16(14)26-10-11-30-13-19(26)27)24-21(29)22(8-2-3-9-22)25-20(28)17-6-7-18(23)31-17/h2-7,12H,8-11,13H2,1H3,(H,24,29)(H,25,28). The molecule has 1 saturated heterocycles. The number of nitrogens with one attached hydrogen (secondary N) is 2. The summed E-state index contributed by atoms with van der Waals surface area (Å²) >= 11 is 7.10. The van der Waals surface area contributed by atoms with Crippen molar-refractivity contribution in [2.45, 2.75) is 25.3 Å². The number of nitrogens with zero attached hydrogens (tertiary/aromatic N) is 1. The number of hydrogen-bond donors (Lipinski definition) is 2. The molecule has 0 saturated carbocycles. The van der Waals surface area contributed by atoms with E-state index in [1.807, 2.05) is 31.2 Å². The topological polar surface area (TPSA) is 87.7 Å². The lowest BCUT2D eigenvalue weighted by Crippen LogP contribution is -2.55. The molecule has 31 heavy (non-hydrogen) atoms. The van der Waals surface area contributed by atoms with Gasteiger partial charge < -0.3 is 20.3 Å². The number of thiophene rings is 1. The van der Waals surface area contributed by atoms with Gasteiger partial charge in [0.1, 0.15) is 12.1 Å². The third-order valence-electron chi connectivity index (χ3n) is 5.42. The summed E-state index contributed by atoms with van der Waals surface area (Å²) in [7, 11) is 0. The van der Waals surface area contributed by atoms with Crippen molar-refractivity contribution < 1.29 is 19.1 Å². The molecule has 2 N–H and O–H groups in total. The molecule has 7 nitrogen and oxygen atoms in total. The number of anilines is 2. The lowest BCUT2D eigenvalue weighted by atomic mass is 9.94. The van der Waals surface area contributed by atoms with Crippen molar-refractivity contribution >= 4 is 52.0 Å². The first-order chi connectivity index (χ1) is 14.9. The van der Waals surface area contributed by atoms with E-state index in [0.717, 1.165) is 11.3 Å². The number of morpholine rings is 1. The number of hydrogen-bond acceptors (Lipinski definition) is 5. The van der Waals surface area contributed by atoms with Gasteiger partial charge in [-0.15, -0.1) is 11.3 Å². The van der Waals surface area contributed by atoms with Gasteiger partial charge in [0, 0.05) is 17.9 Å². The Labute approximate surface area is 189 Å². The lowest BCUT2D eigenvalue weighted by molar-refractivity contribution is -0.125. The molecule has 9 heteroatoms. The van der Waals surface area contributed by atoms with Gasteiger partial charge in [0.2, 0.25) is 0 Å². The van der Waals surface area contributed by atoms with Crippen LogP contribution in [0.5, 0.6) is 0 Å². The van der Waals surface area contributed by atoms with Gasteiger partial charge in [-0.1, -0.05) is 23.8 Å². The molecule has 4 rings (SSSR count). The van der Waals surface area contributed by atoms with Crippen LogP contribution in [0.3, 0.4) is 0 Å². The molecule has 2 aliphatic rings. The van der Waals surface area contributed by atoms with Crippen molar-refractivity contribution in [2.75, 3.05) is 30.0 Å². The fraction of sp³-hybridized carbons (Fsp3) is 0.318. The Balaban J connectivity index is 1.49. The first kappa shape index (κ1) is 21.5. The molecule has 1 aromatic carbocycles. The Bertz CT molecular complexity index is 1060. The number of carbonyl (C=O) groups excluding carboxylic acids is 3. The third kappa shape index (κ3) is 4.51. The van der Waals surface area contributed by atoms with Gasteiger partial charge in [-0.05, 0) is 55.7 Å². The second-order valence-corrected chi connectivity index (χ2v) is 9.29. The summed E-state index contributed by atoms with van der Waals surface area (Å²) in [6, 6.07) is 8.71. The van der Waals surface area contributed by atoms with Gasteiger partial charge >= 0.3 is 0 Å². The predicted octanol–water partition coefficient (Wildman–Crippen LogP) is 3.53. The van der Waals surface area contributed by atoms with E-state index in [4.69, 9.17) is 16.3 Å². The quantitative estimate of drug-likeness (QED) is 0.669. The summed E-state index contributed by atoms with van der Waals surface area (Å²) < 4.78 is 5.70. The summed E-state index contributed by atoms with van der Waals surface area (Å²) in [4.78, 5) is 40.1. The van der Waals surface area contributed by atoms with E-state index in [0.29, 0.717) is 40.9 Å². The maximum atomic E-state index is 13.2. The Morgan fingerprint density at radius 1 is 1.19 bits per heavy atom. The maximum absolute atomic E-state index is 13.2. The van der Waals surface area contributed by atoms with Crippen LogP contribution in [0.25, 0.3) is 0 Å². The van der Waals surface area contributed by atoms with Crippen molar-refractivity contribution in [1.29, 1.82) is 0 Å². The lowest BCUT2D eigenvalue weighted by Gasteiger charge is -2.30. The van der Waals surface area contributed by atoms with Crippen molar-refractivity contribution in [2.24, 2.45) is 0 Å². The second-order valence-electron chi connectivity index (χ2n) is 7.57. The molecule has 0 radical (unpaired) electrons. The summed E-state index contributed by atoms with van der Waals surface area (Å²) in [5.41, 5.74) is 1.21. The number of amides is 3. The van der Waals surface area contributed by atoms with E-state index >= 15 is 0 Å². The fourth-order valence-electron chi connectivity index (χ4n) is 3.77. The minimum Gasteiger partial charge on any atom is -0.370 e. The summed E-state index contributed by atoms with van der Waals surface area (Å²) in [5, 5.41) is 5.82. The molecule has 0 atom stereocenters. The van der Waals surface area contributed by atoms with Gasteiger partial charge in [-0.2, -0.15) is 0 Å². The average molecular weight is 460 g/mol. The second kappa shape index (κ2) is 8.82. The molecule has 162 valence electrons. The number of carbonyl (C=O) groups is 3. The average Bonchev–Trinajstić information content (AvgIpc) is 3.39. The van der Waals surface area contributed by atoms with E-state index < -0.39 is 5.54 Å². The molecule has 2 heterocycles. The smallest absolute Gasteiger partial charge is 0.262 e. The van der Waals surface area contributed by atoms with Crippen molar-refractivity contribution in [3.05, 3.63) is 57.3 Å². The molecule has 0 bridgehead atoms. The van der Waals surface area contributed by atoms with Crippen LogP contribution < -0.4 is 15.5 Å². The highest BCUT2D eigenvalue weighted by Crippen LogP contribution is 2.30. The van der Waals surface area contributed by atoms with Crippen LogP contribution >= 0.6 is 22.9 Å². The van der Waals surface area contributed by atoms with E-state index in [-0.39, 0.29) is 24.3 Å². The van der Waals surface area contributed by atoms with Crippen LogP contribution in [0.1, 0.15) is 28.1 Å². The predicted molar refractivity (Wildman–Crippen MR) is 121 cm³/mol. The molecule has 1 aliphatic heterocycles. The number of halogens is 1. The Kier molecular flexibility index (Phi) is 6.13. The summed E-state index contributed by atoms with van der Waals surface area (Å²) in [6.45, 7) is 2.96. The maximum Gasteiger partial charge on any atom is 0.262 e. The molecule has 3 amide bonds. The van der Waals surface area contributed by atoms with Crippen molar-refractivity contribution in [3.8, 4) is 0 Å². The highest BCUT2D eigenvalue weighted by atomic mass is 35.5. The molecule has 1 aromatic heterocycles. The zero-order valence-electron chi connectivity index (χ0n) is 16.9. The van der Waals surface area contributed by atoms with E-state index in [2.05, 4.69) is 10.6 Å². The van der Waals surface area contributed by atoms with Gasteiger partial charge in [0.05, 0.1) is 15.8 Å². The zero-order valence-corrected chi connectivity index (χ0v) is 18.5. The third-order valence-corrected chi connectivity index (χ3v) is 6.64. The zero-order chi connectivity index (χ0) is 22.0. The van der Waals surface area contributed by atoms with Crippen LogP contribution in [0.4, 0.5) is 11.4 Å². The first-order valence-corrected chi connectivity index (χ1v) is 11.1. The van der Waals surface area contributed by atoms with Crippen LogP contribution in [0.15, 0.2) is 42.5 Å². The number of ether oxygens (including phenoxy) is 1. The molecule has 1 fully saturated rings. The highest BCUT2D eigenvalue weighted by molar-refractivity contribution is 7.18. The summed E-state index contributed by atoms with van der Waals surface area (Å²) in [6.07, 6.45) is 4.59. The first-order valence-electron chi connectivity index (χ1n) is 9.91. The number of benzene rings is 1. The molecule has 0 spiro atoms. The number of aryl methyl sites for hydroxylation is 1. The molecule has 2 aromatic rings. The number of rotatable bonds is 5. The minimum absolute atomic E-state index is 0.0720. The van der Waals surface area contributed by atoms with Crippen molar-refractivity contribution in [3.63, 3.8) is 0 Å². The van der Waals surface area contributed by atoms with Crippen LogP contribution in [0, 0.1) is 6.92 Å². The Morgan fingerprint density at radius 3 is 2.61 bits per heavy atom. The monoisotopic (exact) mass is 459 g/mol. The normalized spacial score (nSPS) is 17.6. The van der Waals surface area contributed by atoms with Crippen molar-refractivity contribution in [1.82, 2.24) is 5.32 Å². The van der Waals surface area contributed by atoms with Gasteiger partial charge in [-0.25, -0.2) is 0 Å². The van der Waals surface area contributed by atoms with E-state index in [9.17, 15) is 14.4 Å². The van der Waals surface area contributed by atoms with E-state index in [1.165, 1.54) is 11.3 Å².